The molecule has 0 saturated carbocycles. The molecule has 2 aromatic heterocycles. The molecule has 0 bridgehead atoms. The third-order valence-corrected chi connectivity index (χ3v) is 8.56. The minimum absolute atomic E-state index is 0.00514. The van der Waals surface area contributed by atoms with Gasteiger partial charge in [0, 0.05) is 38.1 Å². The molecule has 0 aliphatic rings. The lowest BCUT2D eigenvalue weighted by Crippen LogP contribution is -2.18. The normalized spacial score (nSPS) is 12.5. The SMILES string of the molecule is COc1ccnc(CS(=O)c2nc3cc(OC(F)F)ccc3n2S(=O)(=O)c2ccc(N(C)C)cc2)c1OC. The number of benzene rings is 2. The molecule has 0 N–H and O–H groups in total. The van der Waals surface area contributed by atoms with Gasteiger partial charge in [-0.15, -0.1) is 0 Å². The first kappa shape index (κ1) is 27.3. The average Bonchev–Trinajstić information content (AvgIpc) is 3.28. The number of methoxy groups -OCH3 is 2. The van der Waals surface area contributed by atoms with E-state index in [0.29, 0.717) is 5.75 Å². The maximum atomic E-state index is 13.8. The van der Waals surface area contributed by atoms with Gasteiger partial charge in [0.2, 0.25) is 5.16 Å². The van der Waals surface area contributed by atoms with Crippen molar-refractivity contribution in [1.82, 2.24) is 13.9 Å². The maximum Gasteiger partial charge on any atom is 0.387 e. The summed E-state index contributed by atoms with van der Waals surface area (Å²) in [5.74, 6) is 0.101. The number of alkyl halides is 2. The zero-order valence-electron chi connectivity index (χ0n) is 20.8. The quantitative estimate of drug-likeness (QED) is 0.284. The van der Waals surface area contributed by atoms with Crippen molar-refractivity contribution in [2.24, 2.45) is 0 Å². The minimum atomic E-state index is -4.32. The number of hydrogen-bond acceptors (Lipinski definition) is 9. The van der Waals surface area contributed by atoms with Crippen LogP contribution in [0.2, 0.25) is 0 Å². The summed E-state index contributed by atoms with van der Waals surface area (Å²) in [4.78, 5) is 10.2. The Morgan fingerprint density at radius 2 is 1.76 bits per heavy atom. The van der Waals surface area contributed by atoms with Gasteiger partial charge in [0.1, 0.15) is 5.75 Å². The molecule has 0 amide bonds. The number of imidazole rings is 1. The first-order valence-electron chi connectivity index (χ1n) is 11.0. The number of anilines is 1. The molecule has 202 valence electrons. The zero-order valence-corrected chi connectivity index (χ0v) is 22.4. The van der Waals surface area contributed by atoms with Crippen LogP contribution in [0.3, 0.4) is 0 Å². The molecule has 0 aliphatic carbocycles. The largest absolute Gasteiger partial charge is 0.493 e. The van der Waals surface area contributed by atoms with Crippen molar-refractivity contribution in [2.45, 2.75) is 22.4 Å². The molecular weight excluding hydrogens is 542 g/mol. The fraction of sp³-hybridized carbons (Fsp3) is 0.250. The number of halogens is 2. The first-order chi connectivity index (χ1) is 18.1. The number of nitrogens with zero attached hydrogens (tertiary/aromatic N) is 4. The number of rotatable bonds is 10. The fourth-order valence-electron chi connectivity index (χ4n) is 3.73. The van der Waals surface area contributed by atoms with Crippen LogP contribution in [-0.2, 0) is 26.6 Å². The lowest BCUT2D eigenvalue weighted by Gasteiger charge is -2.15. The summed E-state index contributed by atoms with van der Waals surface area (Å²) in [5, 5.41) is -0.322. The van der Waals surface area contributed by atoms with E-state index in [-0.39, 0.29) is 44.0 Å². The van der Waals surface area contributed by atoms with Crippen LogP contribution in [0, 0.1) is 0 Å². The molecular formula is C24H24F2N4O6S2. The predicted octanol–water partition coefficient (Wildman–Crippen LogP) is 3.66. The second-order valence-corrected chi connectivity index (χ2v) is 11.2. The molecule has 1 unspecified atom stereocenters. The van der Waals surface area contributed by atoms with Crippen molar-refractivity contribution < 1.29 is 35.6 Å². The molecule has 4 aromatic rings. The van der Waals surface area contributed by atoms with Gasteiger partial charge in [-0.1, -0.05) is 0 Å². The third-order valence-electron chi connectivity index (χ3n) is 5.51. The van der Waals surface area contributed by atoms with Gasteiger partial charge >= 0.3 is 6.61 Å². The van der Waals surface area contributed by atoms with Crippen molar-refractivity contribution in [1.29, 1.82) is 0 Å². The van der Waals surface area contributed by atoms with Gasteiger partial charge in [0.05, 0.1) is 52.4 Å². The van der Waals surface area contributed by atoms with Crippen molar-refractivity contribution in [2.75, 3.05) is 33.2 Å². The summed E-state index contributed by atoms with van der Waals surface area (Å²) in [7, 11) is 0.0669. The van der Waals surface area contributed by atoms with E-state index in [1.54, 1.807) is 18.2 Å². The number of aromatic nitrogens is 3. The summed E-state index contributed by atoms with van der Waals surface area (Å²) in [6.45, 7) is -3.09. The van der Waals surface area contributed by atoms with E-state index in [0.717, 1.165) is 15.7 Å². The maximum absolute atomic E-state index is 13.8. The fourth-order valence-corrected chi connectivity index (χ4v) is 6.69. The van der Waals surface area contributed by atoms with Gasteiger partial charge in [0.15, 0.2) is 11.5 Å². The van der Waals surface area contributed by atoms with Crippen molar-refractivity contribution in [3.63, 3.8) is 0 Å². The van der Waals surface area contributed by atoms with Gasteiger partial charge in [-0.3, -0.25) is 9.19 Å². The predicted molar refractivity (Wildman–Crippen MR) is 137 cm³/mol. The number of pyridine rings is 1. The number of ether oxygens (including phenoxy) is 3. The van der Waals surface area contributed by atoms with E-state index in [4.69, 9.17) is 9.47 Å². The number of fused-ring (bicyclic) bond motifs is 1. The highest BCUT2D eigenvalue weighted by Crippen LogP contribution is 2.33. The van der Waals surface area contributed by atoms with E-state index in [2.05, 4.69) is 14.7 Å². The highest BCUT2D eigenvalue weighted by atomic mass is 32.2. The molecule has 2 heterocycles. The highest BCUT2D eigenvalue weighted by Gasteiger charge is 2.29. The summed E-state index contributed by atoms with van der Waals surface area (Å²) in [5.41, 5.74) is 1.06. The van der Waals surface area contributed by atoms with Crippen LogP contribution >= 0.6 is 0 Å². The Morgan fingerprint density at radius 1 is 1.05 bits per heavy atom. The Kier molecular flexibility index (Phi) is 7.83. The van der Waals surface area contributed by atoms with E-state index in [9.17, 15) is 21.4 Å². The van der Waals surface area contributed by atoms with Gasteiger partial charge in [-0.05, 0) is 36.4 Å². The molecule has 0 spiro atoms. The topological polar surface area (TPSA) is 113 Å². The average molecular weight is 567 g/mol. The van der Waals surface area contributed by atoms with E-state index >= 15 is 0 Å². The van der Waals surface area contributed by atoms with Gasteiger partial charge in [-0.25, -0.2) is 17.4 Å². The van der Waals surface area contributed by atoms with Crippen LogP contribution in [0.15, 0.2) is 64.8 Å². The molecule has 0 aliphatic heterocycles. The van der Waals surface area contributed by atoms with Gasteiger partial charge < -0.3 is 19.1 Å². The molecule has 2 aromatic carbocycles. The Bertz CT molecular complexity index is 1590. The molecule has 0 fully saturated rings. The van der Waals surface area contributed by atoms with Gasteiger partial charge in [-0.2, -0.15) is 8.78 Å². The Hall–Kier alpha value is -3.78. The van der Waals surface area contributed by atoms with E-state index in [1.165, 1.54) is 44.7 Å². The van der Waals surface area contributed by atoms with Crippen LogP contribution < -0.4 is 19.1 Å². The monoisotopic (exact) mass is 566 g/mol. The highest BCUT2D eigenvalue weighted by molar-refractivity contribution is 7.91. The smallest absolute Gasteiger partial charge is 0.387 e. The van der Waals surface area contributed by atoms with Crippen molar-refractivity contribution in [3.8, 4) is 17.2 Å². The van der Waals surface area contributed by atoms with Crippen LogP contribution in [-0.4, -0.2) is 61.5 Å². The molecule has 0 saturated heterocycles. The van der Waals surface area contributed by atoms with Crippen LogP contribution in [0.5, 0.6) is 17.2 Å². The summed E-state index contributed by atoms with van der Waals surface area (Å²) in [6, 6.07) is 11.3. The van der Waals surface area contributed by atoms with E-state index in [1.807, 2.05) is 19.0 Å². The second-order valence-electron chi connectivity index (χ2n) is 8.06. The molecule has 10 nitrogen and oxygen atoms in total. The second kappa shape index (κ2) is 10.9. The molecule has 4 rings (SSSR count). The Morgan fingerprint density at radius 3 is 2.37 bits per heavy atom. The minimum Gasteiger partial charge on any atom is -0.493 e. The summed E-state index contributed by atoms with van der Waals surface area (Å²) in [6.07, 6.45) is 1.44. The summed E-state index contributed by atoms with van der Waals surface area (Å²) < 4.78 is 82.7. The standard InChI is InChI=1S/C24H24F2N4O6S2/c1-29(2)15-5-8-17(9-6-15)38(32,33)30-20-10-7-16(36-23(25)26)13-18(20)28-24(30)37(31)14-19-22(35-4)21(34-3)11-12-27-19/h5-13,23H,14H2,1-4H3. The molecule has 38 heavy (non-hydrogen) atoms. The Balaban J connectivity index is 1.87. The van der Waals surface area contributed by atoms with Gasteiger partial charge in [0.25, 0.3) is 10.0 Å². The molecule has 14 heteroatoms. The van der Waals surface area contributed by atoms with Crippen molar-refractivity contribution in [3.05, 3.63) is 60.4 Å². The van der Waals surface area contributed by atoms with E-state index < -0.39 is 27.4 Å². The van der Waals surface area contributed by atoms with Crippen LogP contribution in [0.25, 0.3) is 11.0 Å². The molecule has 0 radical (unpaired) electrons. The lowest BCUT2D eigenvalue weighted by molar-refractivity contribution is -0.0497. The number of hydrogen-bond donors (Lipinski definition) is 0. The zero-order chi connectivity index (χ0) is 27.6. The lowest BCUT2D eigenvalue weighted by atomic mass is 10.3. The Labute approximate surface area is 220 Å². The summed E-state index contributed by atoms with van der Waals surface area (Å²) >= 11 is 0. The van der Waals surface area contributed by atoms with Crippen LogP contribution in [0.1, 0.15) is 5.69 Å². The molecule has 1 atom stereocenters. The first-order valence-corrected chi connectivity index (χ1v) is 13.8. The third kappa shape index (κ3) is 5.27. The van der Waals surface area contributed by atoms with Crippen molar-refractivity contribution >= 4 is 37.5 Å². The van der Waals surface area contributed by atoms with Crippen LogP contribution in [0.4, 0.5) is 14.5 Å².